The highest BCUT2D eigenvalue weighted by Crippen LogP contribution is 2.22. The van der Waals surface area contributed by atoms with Crippen molar-refractivity contribution in [2.75, 3.05) is 13.1 Å². The van der Waals surface area contributed by atoms with Crippen LogP contribution < -0.4 is 4.90 Å². The molecule has 7 heteroatoms. The molecule has 1 aliphatic heterocycles. The van der Waals surface area contributed by atoms with E-state index < -0.39 is 0 Å². The number of quaternary nitrogens is 1. The van der Waals surface area contributed by atoms with Crippen molar-refractivity contribution in [1.82, 2.24) is 14.3 Å². The number of aliphatic hydroxyl groups is 1. The molecule has 1 unspecified atom stereocenters. The number of hydrogen-bond acceptors (Lipinski definition) is 4. The molecule has 1 fully saturated rings. The molecule has 3 aromatic rings. The second-order valence-corrected chi connectivity index (χ2v) is 6.78. The summed E-state index contributed by atoms with van der Waals surface area (Å²) < 4.78 is 9.98. The van der Waals surface area contributed by atoms with Crippen LogP contribution in [0.2, 0.25) is 0 Å². The molecular weight excluding hydrogens is 336 g/mol. The van der Waals surface area contributed by atoms with Crippen molar-refractivity contribution in [2.45, 2.75) is 25.6 Å². The molecular formula is C18H21N4O2S+. The molecule has 2 aromatic heterocycles. The van der Waals surface area contributed by atoms with Gasteiger partial charge in [0.05, 0.1) is 18.5 Å². The van der Waals surface area contributed by atoms with E-state index in [2.05, 4.69) is 0 Å². The Morgan fingerprint density at radius 3 is 2.80 bits per heavy atom. The van der Waals surface area contributed by atoms with E-state index >= 15 is 0 Å². The van der Waals surface area contributed by atoms with Crippen LogP contribution in [0.1, 0.15) is 12.8 Å². The van der Waals surface area contributed by atoms with Crippen molar-refractivity contribution in [3.05, 3.63) is 53.5 Å². The van der Waals surface area contributed by atoms with Crippen LogP contribution >= 0.6 is 12.2 Å². The Bertz CT molecular complexity index is 886. The topological polar surface area (TPSA) is 60.6 Å². The van der Waals surface area contributed by atoms with E-state index in [9.17, 15) is 5.11 Å². The molecule has 0 saturated carbocycles. The third-order valence-corrected chi connectivity index (χ3v) is 4.95. The molecule has 6 nitrogen and oxygen atoms in total. The number of aromatic nitrogens is 3. The molecule has 0 spiro atoms. The third kappa shape index (κ3) is 3.30. The molecule has 0 radical (unpaired) electrons. The van der Waals surface area contributed by atoms with Crippen molar-refractivity contribution in [3.63, 3.8) is 0 Å². The van der Waals surface area contributed by atoms with Crippen molar-refractivity contribution in [3.8, 4) is 17.3 Å². The highest BCUT2D eigenvalue weighted by atomic mass is 32.1. The van der Waals surface area contributed by atoms with Gasteiger partial charge in [0.1, 0.15) is 12.6 Å². The lowest BCUT2D eigenvalue weighted by Gasteiger charge is -2.26. The summed E-state index contributed by atoms with van der Waals surface area (Å²) in [6.45, 7) is 2.40. The van der Waals surface area contributed by atoms with Crippen LogP contribution in [-0.4, -0.2) is 38.6 Å². The lowest BCUT2D eigenvalue weighted by Crippen LogP contribution is -3.13. The van der Waals surface area contributed by atoms with Gasteiger partial charge in [0, 0.05) is 0 Å². The summed E-state index contributed by atoms with van der Waals surface area (Å²) in [7, 11) is 0. The van der Waals surface area contributed by atoms with Gasteiger partial charge in [0.25, 0.3) is 0 Å². The zero-order valence-corrected chi connectivity index (χ0v) is 14.7. The largest absolute Gasteiger partial charge is 0.461 e. The fourth-order valence-corrected chi connectivity index (χ4v) is 3.66. The predicted molar refractivity (Wildman–Crippen MR) is 96.0 cm³/mol. The number of rotatable bonds is 4. The Morgan fingerprint density at radius 1 is 1.24 bits per heavy atom. The van der Waals surface area contributed by atoms with Crippen LogP contribution in [-0.2, 0) is 6.67 Å². The number of nitrogens with zero attached hydrogens (tertiary/aromatic N) is 3. The van der Waals surface area contributed by atoms with Crippen molar-refractivity contribution in [1.29, 1.82) is 0 Å². The van der Waals surface area contributed by atoms with Gasteiger partial charge in [-0.1, -0.05) is 18.2 Å². The van der Waals surface area contributed by atoms with Gasteiger partial charge >= 0.3 is 0 Å². The molecule has 2 atom stereocenters. The first-order chi connectivity index (χ1) is 12.2. The molecule has 0 bridgehead atoms. The first kappa shape index (κ1) is 16.3. The van der Waals surface area contributed by atoms with Crippen molar-refractivity contribution in [2.24, 2.45) is 0 Å². The van der Waals surface area contributed by atoms with E-state index in [1.807, 2.05) is 51.7 Å². The minimum atomic E-state index is -0.237. The van der Waals surface area contributed by atoms with E-state index in [0.29, 0.717) is 23.0 Å². The standard InChI is InChI=1S/C18H20N4O2S/c23-15-8-4-10-20(12-15)13-21-18(25)22(14-6-2-1-3-7-14)17(19-21)16-9-5-11-24-16/h1-3,5-7,9,11,15,23H,4,8,10,12-13H2/p+1/t15-/m0/s1. The normalized spacial score (nSPS) is 20.7. The zero-order chi connectivity index (χ0) is 17.2. The molecule has 1 saturated heterocycles. The lowest BCUT2D eigenvalue weighted by atomic mass is 10.1. The highest BCUT2D eigenvalue weighted by Gasteiger charge is 2.24. The number of piperidine rings is 1. The minimum absolute atomic E-state index is 0.237. The number of aliphatic hydroxyl groups excluding tert-OH is 1. The SMILES string of the molecule is O[C@H]1CCC[NH+](Cn2nc(-c3ccco3)n(-c3ccccc3)c2=S)C1. The van der Waals surface area contributed by atoms with Crippen molar-refractivity contribution < 1.29 is 14.4 Å². The fraction of sp³-hybridized carbons (Fsp3) is 0.333. The number of furan rings is 1. The van der Waals surface area contributed by atoms with E-state index in [0.717, 1.165) is 31.6 Å². The second kappa shape index (κ2) is 6.95. The van der Waals surface area contributed by atoms with Crippen LogP contribution in [0.15, 0.2) is 53.1 Å². The van der Waals surface area contributed by atoms with Gasteiger partial charge in [-0.25, -0.2) is 0 Å². The summed E-state index contributed by atoms with van der Waals surface area (Å²) in [6, 6.07) is 13.7. The lowest BCUT2D eigenvalue weighted by molar-refractivity contribution is -0.931. The van der Waals surface area contributed by atoms with E-state index in [1.165, 1.54) is 4.90 Å². The average Bonchev–Trinajstić information content (AvgIpc) is 3.25. The summed E-state index contributed by atoms with van der Waals surface area (Å²) in [5, 5.41) is 14.6. The average molecular weight is 357 g/mol. The Kier molecular flexibility index (Phi) is 4.52. The molecule has 1 aliphatic rings. The quantitative estimate of drug-likeness (QED) is 0.697. The molecule has 3 heterocycles. The van der Waals surface area contributed by atoms with Gasteiger partial charge in [0.15, 0.2) is 12.4 Å². The summed E-state index contributed by atoms with van der Waals surface area (Å²) in [6.07, 6.45) is 3.30. The first-order valence-electron chi connectivity index (χ1n) is 8.53. The van der Waals surface area contributed by atoms with Gasteiger partial charge in [-0.3, -0.25) is 4.57 Å². The first-order valence-corrected chi connectivity index (χ1v) is 8.94. The van der Waals surface area contributed by atoms with Gasteiger partial charge in [-0.15, -0.1) is 5.10 Å². The third-order valence-electron chi connectivity index (χ3n) is 4.56. The summed E-state index contributed by atoms with van der Waals surface area (Å²) in [5.41, 5.74) is 0.957. The van der Waals surface area contributed by atoms with Gasteiger partial charge in [0.2, 0.25) is 10.6 Å². The van der Waals surface area contributed by atoms with E-state index in [4.69, 9.17) is 21.7 Å². The monoisotopic (exact) mass is 357 g/mol. The summed E-state index contributed by atoms with van der Waals surface area (Å²) >= 11 is 5.71. The van der Waals surface area contributed by atoms with Gasteiger partial charge < -0.3 is 14.4 Å². The number of para-hydroxylation sites is 1. The molecule has 4 rings (SSSR count). The number of benzene rings is 1. The highest BCUT2D eigenvalue weighted by molar-refractivity contribution is 7.71. The van der Waals surface area contributed by atoms with Crippen LogP contribution in [0.5, 0.6) is 0 Å². The number of likely N-dealkylation sites (tertiary alicyclic amines) is 1. The van der Waals surface area contributed by atoms with Crippen LogP contribution in [0, 0.1) is 4.77 Å². The van der Waals surface area contributed by atoms with Crippen LogP contribution in [0.25, 0.3) is 17.3 Å². The maximum Gasteiger partial charge on any atom is 0.207 e. The maximum atomic E-state index is 9.92. The second-order valence-electron chi connectivity index (χ2n) is 6.41. The Balaban J connectivity index is 1.75. The summed E-state index contributed by atoms with van der Waals surface area (Å²) in [5.74, 6) is 1.38. The molecule has 25 heavy (non-hydrogen) atoms. The minimum Gasteiger partial charge on any atom is -0.461 e. The molecule has 1 aromatic carbocycles. The Morgan fingerprint density at radius 2 is 2.08 bits per heavy atom. The number of nitrogens with one attached hydrogen (secondary N) is 1. The van der Waals surface area contributed by atoms with Crippen molar-refractivity contribution >= 4 is 12.2 Å². The summed E-state index contributed by atoms with van der Waals surface area (Å²) in [4.78, 5) is 1.29. The maximum absolute atomic E-state index is 9.92. The Hall–Kier alpha value is -2.22. The molecule has 0 amide bonds. The molecule has 130 valence electrons. The molecule has 2 N–H and O–H groups in total. The number of hydrogen-bond donors (Lipinski definition) is 2. The van der Waals surface area contributed by atoms with E-state index in [1.54, 1.807) is 6.26 Å². The Labute approximate surface area is 150 Å². The smallest absolute Gasteiger partial charge is 0.207 e. The van der Waals surface area contributed by atoms with E-state index in [-0.39, 0.29) is 6.10 Å². The van der Waals surface area contributed by atoms with Gasteiger partial charge in [-0.2, -0.15) is 4.68 Å². The zero-order valence-electron chi connectivity index (χ0n) is 13.8. The fourth-order valence-electron chi connectivity index (χ4n) is 3.37. The van der Waals surface area contributed by atoms with Gasteiger partial charge in [-0.05, 0) is 49.3 Å². The predicted octanol–water partition coefficient (Wildman–Crippen LogP) is 1.66. The molecule has 0 aliphatic carbocycles. The van der Waals surface area contributed by atoms with Crippen LogP contribution in [0.3, 0.4) is 0 Å². The van der Waals surface area contributed by atoms with Crippen LogP contribution in [0.4, 0.5) is 0 Å².